The van der Waals surface area contributed by atoms with Crippen LogP contribution in [0.5, 0.6) is 11.5 Å². The molecule has 0 aliphatic heterocycles. The minimum absolute atomic E-state index is 0.0115. The van der Waals surface area contributed by atoms with Gasteiger partial charge in [0.1, 0.15) is 35.2 Å². The average molecular weight is 1010 g/mol. The summed E-state index contributed by atoms with van der Waals surface area (Å²) < 4.78 is 113. The third-order valence-electron chi connectivity index (χ3n) is 11.1. The van der Waals surface area contributed by atoms with Crippen molar-refractivity contribution in [2.75, 3.05) is 23.7 Å². The highest BCUT2D eigenvalue weighted by molar-refractivity contribution is 9.10. The largest absolute Gasteiger partial charge is 0.457 e. The summed E-state index contributed by atoms with van der Waals surface area (Å²) in [5.41, 5.74) is 7.24. The van der Waals surface area contributed by atoms with Crippen molar-refractivity contribution in [1.82, 2.24) is 29.7 Å². The molecule has 7 aromatic rings. The number of hydrogen-bond acceptors (Lipinski definition) is 7. The van der Waals surface area contributed by atoms with Crippen molar-refractivity contribution in [2.45, 2.75) is 76.8 Å². The third kappa shape index (κ3) is 11.9. The first-order chi connectivity index (χ1) is 32.3. The van der Waals surface area contributed by atoms with Gasteiger partial charge in [-0.15, -0.1) is 0 Å². The molecule has 9 rings (SSSR count). The van der Waals surface area contributed by atoms with E-state index in [2.05, 4.69) is 47.2 Å². The Bertz CT molecular complexity index is 3020. The number of hydrogen-bond donors (Lipinski definition) is 4. The van der Waals surface area contributed by atoms with E-state index in [1.54, 1.807) is 41.2 Å². The van der Waals surface area contributed by atoms with E-state index in [1.807, 2.05) is 42.7 Å². The lowest BCUT2D eigenvalue weighted by Crippen LogP contribution is -2.26. The molecule has 0 unspecified atom stereocenters. The number of aryl methyl sites for hydroxylation is 2. The number of ether oxygens (including phenoxy) is 1. The Kier molecular flexibility index (Phi) is 13.7. The van der Waals surface area contributed by atoms with Crippen LogP contribution in [-0.2, 0) is 0 Å². The van der Waals surface area contributed by atoms with Crippen molar-refractivity contribution in [3.63, 3.8) is 0 Å². The lowest BCUT2D eigenvalue weighted by molar-refractivity contribution is -0.132. The molecule has 2 heterocycles. The highest BCUT2D eigenvalue weighted by atomic mass is 79.9. The Morgan fingerprint density at radius 3 is 1.57 bits per heavy atom. The first-order valence-corrected chi connectivity index (χ1v) is 22.3. The molecule has 11 nitrogen and oxygen atoms in total. The van der Waals surface area contributed by atoms with E-state index in [0.717, 1.165) is 64.6 Å². The quantitative estimate of drug-likeness (QED) is 0.0799. The number of rotatable bonds is 14. The van der Waals surface area contributed by atoms with Crippen molar-refractivity contribution in [3.8, 4) is 22.9 Å². The van der Waals surface area contributed by atoms with E-state index in [4.69, 9.17) is 4.74 Å². The van der Waals surface area contributed by atoms with Crippen molar-refractivity contribution < 1.29 is 49.4 Å². The second kappa shape index (κ2) is 19.5. The van der Waals surface area contributed by atoms with Crippen LogP contribution in [0, 0.1) is 25.5 Å². The van der Waals surface area contributed by atoms with Crippen molar-refractivity contribution in [2.24, 2.45) is 0 Å². The van der Waals surface area contributed by atoms with Crippen LogP contribution in [0.4, 0.5) is 46.5 Å². The van der Waals surface area contributed by atoms with Crippen molar-refractivity contribution in [1.29, 1.82) is 0 Å². The molecule has 2 amide bonds. The van der Waals surface area contributed by atoms with Gasteiger partial charge in [-0.25, -0.2) is 18.7 Å². The maximum Gasteiger partial charge on any atom is 0.390 e. The summed E-state index contributed by atoms with van der Waals surface area (Å²) in [5.74, 6) is -2.17. The van der Waals surface area contributed by atoms with Crippen LogP contribution in [-0.4, -0.2) is 68.4 Å². The first kappa shape index (κ1) is 47.8. The smallest absolute Gasteiger partial charge is 0.390 e. The molecule has 68 heavy (non-hydrogen) atoms. The molecule has 0 spiro atoms. The van der Waals surface area contributed by atoms with Gasteiger partial charge in [-0.05, 0) is 111 Å². The van der Waals surface area contributed by atoms with Gasteiger partial charge in [0.05, 0.1) is 35.2 Å². The van der Waals surface area contributed by atoms with Gasteiger partial charge < -0.3 is 26.0 Å². The van der Waals surface area contributed by atoms with Gasteiger partial charge in [0, 0.05) is 70.3 Å². The number of anilines is 2. The van der Waals surface area contributed by atoms with Gasteiger partial charge in [-0.1, -0.05) is 15.9 Å². The van der Waals surface area contributed by atoms with Gasteiger partial charge in [0.15, 0.2) is 11.6 Å². The zero-order chi connectivity index (χ0) is 48.5. The Balaban J connectivity index is 0.000000189. The Hall–Kier alpha value is -6.70. The highest BCUT2D eigenvalue weighted by Gasteiger charge is 2.29. The van der Waals surface area contributed by atoms with Crippen LogP contribution in [0.2, 0.25) is 0 Å². The highest BCUT2D eigenvalue weighted by Crippen LogP contribution is 2.35. The van der Waals surface area contributed by atoms with Gasteiger partial charge >= 0.3 is 12.4 Å². The second-order valence-electron chi connectivity index (χ2n) is 16.6. The minimum Gasteiger partial charge on any atom is -0.457 e. The van der Waals surface area contributed by atoms with Gasteiger partial charge in [-0.3, -0.25) is 18.7 Å². The summed E-state index contributed by atoms with van der Waals surface area (Å²) in [6, 6.07) is 21.0. The van der Waals surface area contributed by atoms with Crippen molar-refractivity contribution in [3.05, 3.63) is 130 Å². The number of carbonyl (C=O) groups excluding carboxylic acids is 2. The number of amides is 2. The predicted molar refractivity (Wildman–Crippen MR) is 245 cm³/mol. The zero-order valence-electron chi connectivity index (χ0n) is 36.4. The third-order valence-corrected chi connectivity index (χ3v) is 11.6. The minimum atomic E-state index is -4.35. The number of carbonyl (C=O) groups is 2. The molecular formula is C48H43BrF8N8O3. The summed E-state index contributed by atoms with van der Waals surface area (Å²) in [5, 5.41) is 11.5. The molecule has 0 bridgehead atoms. The van der Waals surface area contributed by atoms with Crippen molar-refractivity contribution >= 4 is 61.2 Å². The lowest BCUT2D eigenvalue weighted by atomic mass is 10.1. The number of fused-ring (bicyclic) bond motifs is 2. The van der Waals surface area contributed by atoms with Crippen LogP contribution in [0.1, 0.15) is 70.4 Å². The van der Waals surface area contributed by atoms with Crippen LogP contribution in [0.3, 0.4) is 0 Å². The standard InChI is InChI=1S/C27H23F5N4O2.C21H20BrF3N4O/c1-15-10-17(4-6-20(15)26(37)35-16-2-3-16)36-14-34-25-23(33-9-8-27(30,31)32)12-19(13-24(25)36)38-18-5-7-21(28)22(29)11-18;1-12-8-15(4-5-16(12)20(30)28-14-2-3-14)29-11-27-19-17(9-13(22)10-18(19)29)26-7-6-21(23,24)25/h4-7,10-14,16,33H,2-3,8-9H2,1H3,(H,35,37);4-5,8-11,14,26H,2-3,6-7H2,1H3,(H,28,30). The molecule has 0 atom stereocenters. The average Bonchev–Trinajstić information content (AvgIpc) is 4.18. The summed E-state index contributed by atoms with van der Waals surface area (Å²) in [7, 11) is 0. The fourth-order valence-electron chi connectivity index (χ4n) is 7.35. The molecule has 0 saturated heterocycles. The van der Waals surface area contributed by atoms with Crippen LogP contribution in [0.25, 0.3) is 33.4 Å². The van der Waals surface area contributed by atoms with Gasteiger partial charge in [0.2, 0.25) is 0 Å². The molecular weight excluding hydrogens is 968 g/mol. The molecule has 20 heteroatoms. The molecule has 356 valence electrons. The Morgan fingerprint density at radius 1 is 0.632 bits per heavy atom. The number of halogens is 9. The normalized spacial score (nSPS) is 13.8. The van der Waals surface area contributed by atoms with Gasteiger partial charge in [0.25, 0.3) is 11.8 Å². The number of imidazole rings is 2. The number of alkyl halides is 6. The predicted octanol–water partition coefficient (Wildman–Crippen LogP) is 12.0. The Morgan fingerprint density at radius 2 is 1.12 bits per heavy atom. The Labute approximate surface area is 392 Å². The molecule has 0 radical (unpaired) electrons. The maximum absolute atomic E-state index is 13.7. The maximum atomic E-state index is 13.7. The molecule has 2 aromatic heterocycles. The van der Waals surface area contributed by atoms with Gasteiger partial charge in [-0.2, -0.15) is 26.3 Å². The van der Waals surface area contributed by atoms with E-state index in [-0.39, 0.29) is 47.6 Å². The van der Waals surface area contributed by atoms with E-state index in [0.29, 0.717) is 39.1 Å². The molecule has 5 aromatic carbocycles. The molecule has 2 fully saturated rings. The molecule has 2 aliphatic rings. The molecule has 2 saturated carbocycles. The van der Waals surface area contributed by atoms with E-state index in [1.165, 1.54) is 18.5 Å². The van der Waals surface area contributed by atoms with E-state index >= 15 is 0 Å². The fourth-order valence-corrected chi connectivity index (χ4v) is 7.80. The summed E-state index contributed by atoms with van der Waals surface area (Å²) >= 11 is 3.42. The summed E-state index contributed by atoms with van der Waals surface area (Å²) in [6.07, 6.45) is -3.42. The summed E-state index contributed by atoms with van der Waals surface area (Å²) in [6.45, 7) is 3.06. The molecule has 4 N–H and O–H groups in total. The topological polar surface area (TPSA) is 127 Å². The number of nitrogens with one attached hydrogen (secondary N) is 4. The lowest BCUT2D eigenvalue weighted by Gasteiger charge is -2.14. The monoisotopic (exact) mass is 1010 g/mol. The van der Waals surface area contributed by atoms with Crippen LogP contribution in [0.15, 0.2) is 96.0 Å². The molecule has 2 aliphatic carbocycles. The fraction of sp³-hybridized carbons (Fsp3) is 0.292. The van der Waals surface area contributed by atoms with E-state index < -0.39 is 43.4 Å². The van der Waals surface area contributed by atoms with E-state index in [9.17, 15) is 44.7 Å². The number of nitrogens with zero attached hydrogens (tertiary/aromatic N) is 4. The number of benzene rings is 5. The second-order valence-corrected chi connectivity index (χ2v) is 17.6. The number of aromatic nitrogens is 4. The first-order valence-electron chi connectivity index (χ1n) is 21.5. The zero-order valence-corrected chi connectivity index (χ0v) is 38.0. The summed E-state index contributed by atoms with van der Waals surface area (Å²) in [4.78, 5) is 33.7. The van der Waals surface area contributed by atoms with Crippen LogP contribution < -0.4 is 26.0 Å². The SMILES string of the molecule is Cc1cc(-n2cnc3c(NCCC(F)(F)F)cc(Br)cc32)ccc1C(=O)NC1CC1.Cc1cc(-n2cnc3c(NCCC(F)(F)F)cc(Oc4ccc(F)c(F)c4)cc32)ccc1C(=O)NC1CC1. The van der Waals surface area contributed by atoms with Crippen LogP contribution >= 0.6 is 15.9 Å².